The van der Waals surface area contributed by atoms with Crippen molar-refractivity contribution in [2.45, 2.75) is 13.5 Å². The molecule has 0 radical (unpaired) electrons. The van der Waals surface area contributed by atoms with Gasteiger partial charge in [0.2, 0.25) is 5.91 Å². The first-order chi connectivity index (χ1) is 15.4. The zero-order valence-electron chi connectivity index (χ0n) is 17.1. The molecule has 4 aromatic rings. The SMILES string of the molecule is CC(=O)Nc1ccc(CNC(=O)c2ccc3c(=O)n(-c4ccccc4)c(=O)[nH]c3c2)cn1. The molecule has 2 heterocycles. The summed E-state index contributed by atoms with van der Waals surface area (Å²) in [5.41, 5.74) is 0.728. The lowest BCUT2D eigenvalue weighted by molar-refractivity contribution is -0.114. The molecule has 0 atom stereocenters. The summed E-state index contributed by atoms with van der Waals surface area (Å²) in [6, 6.07) is 16.5. The number of hydrogen-bond acceptors (Lipinski definition) is 5. The van der Waals surface area contributed by atoms with Crippen LogP contribution in [0, 0.1) is 0 Å². The molecule has 0 aliphatic carbocycles. The van der Waals surface area contributed by atoms with Crippen LogP contribution in [0.15, 0.2) is 76.4 Å². The molecule has 9 nitrogen and oxygen atoms in total. The van der Waals surface area contributed by atoms with E-state index in [4.69, 9.17) is 0 Å². The normalized spacial score (nSPS) is 10.7. The number of nitrogens with zero attached hydrogens (tertiary/aromatic N) is 2. The maximum absolute atomic E-state index is 12.8. The molecule has 160 valence electrons. The third kappa shape index (κ3) is 4.31. The smallest absolute Gasteiger partial charge is 0.333 e. The highest BCUT2D eigenvalue weighted by molar-refractivity contribution is 5.97. The molecule has 2 aromatic heterocycles. The van der Waals surface area contributed by atoms with Crippen molar-refractivity contribution in [3.63, 3.8) is 0 Å². The van der Waals surface area contributed by atoms with Gasteiger partial charge in [0.15, 0.2) is 0 Å². The Morgan fingerprint density at radius 3 is 2.50 bits per heavy atom. The molecule has 0 spiro atoms. The Morgan fingerprint density at radius 2 is 1.81 bits per heavy atom. The minimum Gasteiger partial charge on any atom is -0.348 e. The number of benzene rings is 2. The van der Waals surface area contributed by atoms with Gasteiger partial charge in [-0.2, -0.15) is 0 Å². The van der Waals surface area contributed by atoms with Gasteiger partial charge in [0.25, 0.3) is 11.5 Å². The van der Waals surface area contributed by atoms with E-state index >= 15 is 0 Å². The van der Waals surface area contributed by atoms with E-state index in [1.54, 1.807) is 48.7 Å². The van der Waals surface area contributed by atoms with Crippen LogP contribution >= 0.6 is 0 Å². The number of hydrogen-bond donors (Lipinski definition) is 3. The van der Waals surface area contributed by atoms with Crippen molar-refractivity contribution in [3.05, 3.63) is 98.8 Å². The number of anilines is 1. The lowest BCUT2D eigenvalue weighted by atomic mass is 10.1. The number of para-hydroxylation sites is 1. The Hall–Kier alpha value is -4.53. The number of H-pyrrole nitrogens is 1. The molecular weight excluding hydrogens is 410 g/mol. The van der Waals surface area contributed by atoms with Crippen LogP contribution in [-0.4, -0.2) is 26.3 Å². The molecule has 9 heteroatoms. The Kier molecular flexibility index (Phi) is 5.63. The maximum atomic E-state index is 12.8. The third-order valence-corrected chi connectivity index (χ3v) is 4.76. The van der Waals surface area contributed by atoms with Crippen molar-refractivity contribution in [1.82, 2.24) is 19.9 Å². The maximum Gasteiger partial charge on any atom is 0.333 e. The quantitative estimate of drug-likeness (QED) is 0.447. The highest BCUT2D eigenvalue weighted by atomic mass is 16.2. The predicted molar refractivity (Wildman–Crippen MR) is 120 cm³/mol. The van der Waals surface area contributed by atoms with Gasteiger partial charge in [0.1, 0.15) is 5.82 Å². The van der Waals surface area contributed by atoms with E-state index in [0.29, 0.717) is 22.5 Å². The Labute approximate surface area is 181 Å². The van der Waals surface area contributed by atoms with Crippen molar-refractivity contribution >= 4 is 28.5 Å². The molecule has 3 N–H and O–H groups in total. The van der Waals surface area contributed by atoms with Crippen LogP contribution in [0.4, 0.5) is 5.82 Å². The van der Waals surface area contributed by atoms with E-state index in [1.165, 1.54) is 25.1 Å². The highest BCUT2D eigenvalue weighted by Gasteiger charge is 2.12. The van der Waals surface area contributed by atoms with Crippen LogP contribution in [0.2, 0.25) is 0 Å². The summed E-state index contributed by atoms with van der Waals surface area (Å²) < 4.78 is 1.06. The second kappa shape index (κ2) is 8.68. The second-order valence-corrected chi connectivity index (χ2v) is 7.08. The lowest BCUT2D eigenvalue weighted by Crippen LogP contribution is -2.33. The molecule has 0 saturated heterocycles. The van der Waals surface area contributed by atoms with Crippen LogP contribution in [0.5, 0.6) is 0 Å². The standard InChI is InChI=1S/C23H19N5O4/c1-14(29)26-20-10-7-15(12-24-20)13-25-21(30)16-8-9-18-19(11-16)27-23(32)28(22(18)31)17-5-3-2-4-6-17/h2-12H,13H2,1H3,(H,25,30)(H,27,32)(H,24,26,29). The molecule has 4 rings (SSSR count). The van der Waals surface area contributed by atoms with Gasteiger partial charge < -0.3 is 15.6 Å². The first-order valence-electron chi connectivity index (χ1n) is 9.77. The largest absolute Gasteiger partial charge is 0.348 e. The summed E-state index contributed by atoms with van der Waals surface area (Å²) in [7, 11) is 0. The summed E-state index contributed by atoms with van der Waals surface area (Å²) >= 11 is 0. The molecule has 32 heavy (non-hydrogen) atoms. The van der Waals surface area contributed by atoms with Gasteiger partial charge in [-0.25, -0.2) is 14.3 Å². The average Bonchev–Trinajstić information content (AvgIpc) is 2.78. The average molecular weight is 429 g/mol. The van der Waals surface area contributed by atoms with E-state index in [9.17, 15) is 19.2 Å². The molecule has 2 amide bonds. The van der Waals surface area contributed by atoms with Gasteiger partial charge in [-0.1, -0.05) is 24.3 Å². The number of fused-ring (bicyclic) bond motifs is 1. The van der Waals surface area contributed by atoms with Gasteiger partial charge in [-0.05, 0) is 42.0 Å². The van der Waals surface area contributed by atoms with Crippen molar-refractivity contribution < 1.29 is 9.59 Å². The molecule has 0 bridgehead atoms. The van der Waals surface area contributed by atoms with Gasteiger partial charge >= 0.3 is 5.69 Å². The monoisotopic (exact) mass is 429 g/mol. The minimum atomic E-state index is -0.586. The Bertz CT molecular complexity index is 1420. The molecule has 0 saturated carbocycles. The molecule has 0 unspecified atom stereocenters. The fourth-order valence-corrected chi connectivity index (χ4v) is 3.24. The zero-order valence-corrected chi connectivity index (χ0v) is 17.1. The first-order valence-corrected chi connectivity index (χ1v) is 9.77. The summed E-state index contributed by atoms with van der Waals surface area (Å²) in [6.45, 7) is 1.61. The Balaban J connectivity index is 1.55. The summed E-state index contributed by atoms with van der Waals surface area (Å²) in [4.78, 5) is 55.7. The van der Waals surface area contributed by atoms with E-state index in [2.05, 4.69) is 20.6 Å². The number of amides is 2. The highest BCUT2D eigenvalue weighted by Crippen LogP contribution is 2.11. The molecule has 0 fully saturated rings. The van der Waals surface area contributed by atoms with E-state index in [0.717, 1.165) is 10.1 Å². The summed E-state index contributed by atoms with van der Waals surface area (Å²) in [6.07, 6.45) is 1.55. The molecule has 2 aromatic carbocycles. The number of aromatic nitrogens is 3. The molecular formula is C23H19N5O4. The number of aromatic amines is 1. The third-order valence-electron chi connectivity index (χ3n) is 4.76. The number of carbonyl (C=O) groups is 2. The van der Waals surface area contributed by atoms with Crippen LogP contribution in [0.1, 0.15) is 22.8 Å². The molecule has 0 aliphatic heterocycles. The first kappa shape index (κ1) is 20.7. The zero-order chi connectivity index (χ0) is 22.7. The topological polar surface area (TPSA) is 126 Å². The van der Waals surface area contributed by atoms with Gasteiger partial charge in [-0.3, -0.25) is 14.4 Å². The minimum absolute atomic E-state index is 0.219. The van der Waals surface area contributed by atoms with Gasteiger partial charge in [-0.15, -0.1) is 0 Å². The predicted octanol–water partition coefficient (Wildman–Crippen LogP) is 1.96. The number of pyridine rings is 1. The number of rotatable bonds is 5. The van der Waals surface area contributed by atoms with Crippen LogP contribution < -0.4 is 21.9 Å². The van der Waals surface area contributed by atoms with Crippen LogP contribution in [-0.2, 0) is 11.3 Å². The van der Waals surface area contributed by atoms with E-state index < -0.39 is 11.2 Å². The fraction of sp³-hybridized carbons (Fsp3) is 0.0870. The van der Waals surface area contributed by atoms with Crippen molar-refractivity contribution in [2.24, 2.45) is 0 Å². The fourth-order valence-electron chi connectivity index (χ4n) is 3.24. The number of nitrogens with one attached hydrogen (secondary N) is 3. The summed E-state index contributed by atoms with van der Waals surface area (Å²) in [5.74, 6) is -0.165. The van der Waals surface area contributed by atoms with E-state index in [-0.39, 0.29) is 23.9 Å². The van der Waals surface area contributed by atoms with E-state index in [1.807, 2.05) is 0 Å². The Morgan fingerprint density at radius 1 is 1.03 bits per heavy atom. The van der Waals surface area contributed by atoms with Gasteiger partial charge in [0.05, 0.1) is 16.6 Å². The van der Waals surface area contributed by atoms with Crippen LogP contribution in [0.3, 0.4) is 0 Å². The summed E-state index contributed by atoms with van der Waals surface area (Å²) in [5, 5.41) is 5.63. The van der Waals surface area contributed by atoms with Crippen molar-refractivity contribution in [2.75, 3.05) is 5.32 Å². The number of carbonyl (C=O) groups excluding carboxylic acids is 2. The van der Waals surface area contributed by atoms with Crippen molar-refractivity contribution in [1.29, 1.82) is 0 Å². The second-order valence-electron chi connectivity index (χ2n) is 7.08. The molecule has 0 aliphatic rings. The van der Waals surface area contributed by atoms with Crippen molar-refractivity contribution in [3.8, 4) is 5.69 Å². The lowest BCUT2D eigenvalue weighted by Gasteiger charge is -2.09. The van der Waals surface area contributed by atoms with Crippen LogP contribution in [0.25, 0.3) is 16.6 Å². The van der Waals surface area contributed by atoms with Gasteiger partial charge in [0, 0.05) is 25.2 Å².